The lowest BCUT2D eigenvalue weighted by molar-refractivity contribution is -0.134. The van der Waals surface area contributed by atoms with E-state index < -0.39 is 0 Å². The predicted molar refractivity (Wildman–Crippen MR) is 79.5 cm³/mol. The molecule has 5 heteroatoms. The number of carbonyl (C=O) groups excluding carboxylic acids is 1. The molecule has 1 heterocycles. The molecule has 0 spiro atoms. The Hall–Kier alpha value is -0.650. The molecule has 118 valence electrons. The largest absolute Gasteiger partial charge is 0.379 e. The van der Waals surface area contributed by atoms with E-state index in [-0.39, 0.29) is 18.1 Å². The second-order valence-electron chi connectivity index (χ2n) is 5.40. The quantitative estimate of drug-likeness (QED) is 0.653. The van der Waals surface area contributed by atoms with Crippen molar-refractivity contribution in [3.05, 3.63) is 0 Å². The number of carbonyl (C=O) groups is 1. The molecule has 1 unspecified atom stereocenters. The van der Waals surface area contributed by atoms with E-state index in [0.717, 1.165) is 45.4 Å². The van der Waals surface area contributed by atoms with Gasteiger partial charge in [-0.25, -0.2) is 0 Å². The third-order valence-electron chi connectivity index (χ3n) is 3.68. The Balaban J connectivity index is 2.16. The second kappa shape index (κ2) is 10.1. The average molecular weight is 286 g/mol. The fourth-order valence-electron chi connectivity index (χ4n) is 2.52. The van der Waals surface area contributed by atoms with Gasteiger partial charge < -0.3 is 20.1 Å². The summed E-state index contributed by atoms with van der Waals surface area (Å²) in [4.78, 5) is 14.0. The first-order chi connectivity index (χ1) is 9.67. The second-order valence-corrected chi connectivity index (χ2v) is 5.40. The maximum Gasteiger partial charge on any atom is 0.224 e. The van der Waals surface area contributed by atoms with Crippen LogP contribution in [0.5, 0.6) is 0 Å². The van der Waals surface area contributed by atoms with E-state index in [9.17, 15) is 4.79 Å². The van der Waals surface area contributed by atoms with Crippen molar-refractivity contribution in [1.29, 1.82) is 0 Å². The molecule has 1 fully saturated rings. The molecule has 1 saturated heterocycles. The van der Waals surface area contributed by atoms with Gasteiger partial charge >= 0.3 is 0 Å². The molecule has 1 atom stereocenters. The minimum atomic E-state index is 0.00710. The molecule has 0 bridgehead atoms. The average Bonchev–Trinajstić information content (AvgIpc) is 2.44. The third-order valence-corrected chi connectivity index (χ3v) is 3.68. The van der Waals surface area contributed by atoms with E-state index >= 15 is 0 Å². The molecule has 1 aliphatic heterocycles. The third kappa shape index (κ3) is 6.68. The van der Waals surface area contributed by atoms with Gasteiger partial charge in [0, 0.05) is 32.2 Å². The zero-order chi connectivity index (χ0) is 14.8. The highest BCUT2D eigenvalue weighted by Gasteiger charge is 2.23. The SMILES string of the molecule is CCCC(N)CC(=O)N1CCC(OCCOCC)CC1. The smallest absolute Gasteiger partial charge is 0.224 e. The van der Waals surface area contributed by atoms with Gasteiger partial charge in [-0.05, 0) is 26.2 Å². The highest BCUT2D eigenvalue weighted by molar-refractivity contribution is 5.76. The first kappa shape index (κ1) is 17.4. The lowest BCUT2D eigenvalue weighted by atomic mass is 10.0. The van der Waals surface area contributed by atoms with Crippen LogP contribution in [0.25, 0.3) is 0 Å². The van der Waals surface area contributed by atoms with Crippen LogP contribution in [-0.2, 0) is 14.3 Å². The van der Waals surface area contributed by atoms with Crippen molar-refractivity contribution in [1.82, 2.24) is 4.90 Å². The van der Waals surface area contributed by atoms with Gasteiger partial charge in [0.15, 0.2) is 0 Å². The molecule has 5 nitrogen and oxygen atoms in total. The standard InChI is InChI=1S/C15H30N2O3/c1-3-5-13(16)12-15(18)17-8-6-14(7-9-17)20-11-10-19-4-2/h13-14H,3-12,16H2,1-2H3. The molecule has 0 aromatic carbocycles. The Morgan fingerprint density at radius 1 is 1.30 bits per heavy atom. The molecular weight excluding hydrogens is 256 g/mol. The van der Waals surface area contributed by atoms with Gasteiger partial charge in [-0.1, -0.05) is 13.3 Å². The highest BCUT2D eigenvalue weighted by atomic mass is 16.5. The van der Waals surface area contributed by atoms with Gasteiger partial charge in [-0.15, -0.1) is 0 Å². The minimum Gasteiger partial charge on any atom is -0.379 e. The Morgan fingerprint density at radius 3 is 2.60 bits per heavy atom. The number of rotatable bonds is 9. The number of hydrogen-bond acceptors (Lipinski definition) is 4. The molecule has 1 aliphatic rings. The number of nitrogens with zero attached hydrogens (tertiary/aromatic N) is 1. The summed E-state index contributed by atoms with van der Waals surface area (Å²) in [7, 11) is 0. The molecule has 0 saturated carbocycles. The number of likely N-dealkylation sites (tertiary alicyclic amines) is 1. The lowest BCUT2D eigenvalue weighted by Gasteiger charge is -2.32. The topological polar surface area (TPSA) is 64.8 Å². The van der Waals surface area contributed by atoms with Crippen LogP contribution >= 0.6 is 0 Å². The van der Waals surface area contributed by atoms with Crippen LogP contribution in [0.4, 0.5) is 0 Å². The Morgan fingerprint density at radius 2 is 2.00 bits per heavy atom. The van der Waals surface area contributed by atoms with Gasteiger partial charge in [0.1, 0.15) is 0 Å². The molecule has 2 N–H and O–H groups in total. The zero-order valence-electron chi connectivity index (χ0n) is 13.0. The Labute approximate surface area is 122 Å². The molecular formula is C15H30N2O3. The molecule has 0 aliphatic carbocycles. The summed E-state index contributed by atoms with van der Waals surface area (Å²) in [6.07, 6.45) is 4.53. The molecule has 20 heavy (non-hydrogen) atoms. The van der Waals surface area contributed by atoms with Crippen LogP contribution in [0.1, 0.15) is 46.0 Å². The van der Waals surface area contributed by atoms with E-state index in [1.165, 1.54) is 0 Å². The molecule has 0 radical (unpaired) electrons. The molecule has 0 aromatic heterocycles. The number of amides is 1. The van der Waals surface area contributed by atoms with Crippen molar-refractivity contribution >= 4 is 5.91 Å². The molecule has 1 amide bonds. The summed E-state index contributed by atoms with van der Waals surface area (Å²) < 4.78 is 11.0. The van der Waals surface area contributed by atoms with E-state index in [1.54, 1.807) is 0 Å². The van der Waals surface area contributed by atoms with Gasteiger partial charge in [-0.2, -0.15) is 0 Å². The van der Waals surface area contributed by atoms with Crippen molar-refractivity contribution < 1.29 is 14.3 Å². The summed E-state index contributed by atoms with van der Waals surface area (Å²) in [5, 5.41) is 0. The maximum absolute atomic E-state index is 12.1. The number of nitrogens with two attached hydrogens (primary N) is 1. The van der Waals surface area contributed by atoms with Crippen LogP contribution in [0.2, 0.25) is 0 Å². The summed E-state index contributed by atoms with van der Waals surface area (Å²) in [6.45, 7) is 7.68. The van der Waals surface area contributed by atoms with Gasteiger partial charge in [0.05, 0.1) is 19.3 Å². The molecule has 0 aromatic rings. The van der Waals surface area contributed by atoms with E-state index in [1.807, 2.05) is 11.8 Å². The van der Waals surface area contributed by atoms with Crippen LogP contribution in [0, 0.1) is 0 Å². The zero-order valence-corrected chi connectivity index (χ0v) is 13.0. The normalized spacial score (nSPS) is 18.2. The van der Waals surface area contributed by atoms with Gasteiger partial charge in [0.25, 0.3) is 0 Å². The van der Waals surface area contributed by atoms with Crippen molar-refractivity contribution in [2.24, 2.45) is 5.73 Å². The first-order valence-electron chi connectivity index (χ1n) is 7.90. The van der Waals surface area contributed by atoms with Crippen molar-refractivity contribution in [3.8, 4) is 0 Å². The van der Waals surface area contributed by atoms with Gasteiger partial charge in [-0.3, -0.25) is 4.79 Å². The van der Waals surface area contributed by atoms with Crippen LogP contribution in [-0.4, -0.2) is 55.9 Å². The van der Waals surface area contributed by atoms with E-state index in [0.29, 0.717) is 19.6 Å². The van der Waals surface area contributed by atoms with Crippen molar-refractivity contribution in [2.75, 3.05) is 32.9 Å². The summed E-state index contributed by atoms with van der Waals surface area (Å²) >= 11 is 0. The Kier molecular flexibility index (Phi) is 8.82. The fourth-order valence-corrected chi connectivity index (χ4v) is 2.52. The van der Waals surface area contributed by atoms with E-state index in [4.69, 9.17) is 15.2 Å². The van der Waals surface area contributed by atoms with Crippen LogP contribution in [0.15, 0.2) is 0 Å². The van der Waals surface area contributed by atoms with Crippen molar-refractivity contribution in [3.63, 3.8) is 0 Å². The van der Waals surface area contributed by atoms with Crippen molar-refractivity contribution in [2.45, 2.75) is 58.1 Å². The summed E-state index contributed by atoms with van der Waals surface area (Å²) in [5.74, 6) is 0.193. The summed E-state index contributed by atoms with van der Waals surface area (Å²) in [6, 6.07) is 0.00710. The Bertz CT molecular complexity index is 266. The maximum atomic E-state index is 12.1. The summed E-state index contributed by atoms with van der Waals surface area (Å²) in [5.41, 5.74) is 5.93. The number of piperidine rings is 1. The minimum absolute atomic E-state index is 0.00710. The predicted octanol–water partition coefficient (Wildman–Crippen LogP) is 1.55. The lowest BCUT2D eigenvalue weighted by Crippen LogP contribution is -2.43. The highest BCUT2D eigenvalue weighted by Crippen LogP contribution is 2.15. The molecule has 1 rings (SSSR count). The monoisotopic (exact) mass is 286 g/mol. The van der Waals surface area contributed by atoms with Crippen LogP contribution in [0.3, 0.4) is 0 Å². The number of hydrogen-bond donors (Lipinski definition) is 1. The van der Waals surface area contributed by atoms with Gasteiger partial charge in [0.2, 0.25) is 5.91 Å². The van der Waals surface area contributed by atoms with Crippen LogP contribution < -0.4 is 5.73 Å². The first-order valence-corrected chi connectivity index (χ1v) is 7.90. The fraction of sp³-hybridized carbons (Fsp3) is 0.933. The number of ether oxygens (including phenoxy) is 2. The van der Waals surface area contributed by atoms with E-state index in [2.05, 4.69) is 6.92 Å².